The van der Waals surface area contributed by atoms with Crippen molar-refractivity contribution in [1.82, 2.24) is 14.9 Å². The Morgan fingerprint density at radius 3 is 2.27 bits per heavy atom. The molecule has 5 rings (SSSR count). The molecule has 228 valence electrons. The van der Waals surface area contributed by atoms with E-state index in [1.165, 1.54) is 5.56 Å². The van der Waals surface area contributed by atoms with E-state index in [0.717, 1.165) is 40.2 Å². The molecule has 1 aromatic heterocycles. The fourth-order valence-electron chi connectivity index (χ4n) is 5.23. The minimum atomic E-state index is -0.163. The van der Waals surface area contributed by atoms with E-state index in [1.807, 2.05) is 105 Å². The van der Waals surface area contributed by atoms with Crippen molar-refractivity contribution in [3.63, 3.8) is 0 Å². The minimum absolute atomic E-state index is 0.0277. The van der Waals surface area contributed by atoms with Gasteiger partial charge in [0, 0.05) is 47.9 Å². The number of likely N-dealkylation sites (N-methyl/N-ethyl adjacent to an activating group) is 1. The molecule has 0 radical (unpaired) electrons. The lowest BCUT2D eigenvalue weighted by Gasteiger charge is -2.22. The first-order chi connectivity index (χ1) is 21.6. The number of anilines is 3. The Balaban J connectivity index is 1.27. The number of hydrogen-bond acceptors (Lipinski definition) is 5. The van der Waals surface area contributed by atoms with Crippen LogP contribution in [0.25, 0.3) is 11.3 Å². The number of carbonyl (C=O) groups is 2. The monoisotopic (exact) mass is 597 g/mol. The summed E-state index contributed by atoms with van der Waals surface area (Å²) in [5, 5.41) is 6.36. The molecule has 0 aliphatic rings. The van der Waals surface area contributed by atoms with Gasteiger partial charge in [-0.2, -0.15) is 0 Å². The Morgan fingerprint density at radius 2 is 1.53 bits per heavy atom. The highest BCUT2D eigenvalue weighted by molar-refractivity contribution is 6.06. The maximum Gasteiger partial charge on any atom is 0.255 e. The highest BCUT2D eigenvalue weighted by atomic mass is 16.2. The molecule has 0 aliphatic heterocycles. The van der Waals surface area contributed by atoms with E-state index in [4.69, 9.17) is 4.98 Å². The van der Waals surface area contributed by atoms with E-state index >= 15 is 0 Å². The van der Waals surface area contributed by atoms with E-state index < -0.39 is 0 Å². The van der Waals surface area contributed by atoms with E-state index in [0.29, 0.717) is 23.6 Å². The Morgan fingerprint density at radius 1 is 0.822 bits per heavy atom. The second-order valence-corrected chi connectivity index (χ2v) is 12.2. The van der Waals surface area contributed by atoms with Gasteiger partial charge in [-0.05, 0) is 77.9 Å². The Kier molecular flexibility index (Phi) is 9.38. The summed E-state index contributed by atoms with van der Waals surface area (Å²) >= 11 is 0. The molecule has 0 fully saturated rings. The normalized spacial score (nSPS) is 11.1. The van der Waals surface area contributed by atoms with Crippen molar-refractivity contribution in [3.8, 4) is 11.3 Å². The van der Waals surface area contributed by atoms with E-state index in [2.05, 4.69) is 48.5 Å². The van der Waals surface area contributed by atoms with Gasteiger partial charge in [0.05, 0.1) is 5.69 Å². The van der Waals surface area contributed by atoms with E-state index in [1.54, 1.807) is 11.1 Å². The van der Waals surface area contributed by atoms with Crippen molar-refractivity contribution in [1.29, 1.82) is 0 Å². The molecule has 2 N–H and O–H groups in total. The van der Waals surface area contributed by atoms with Crippen LogP contribution in [0.15, 0.2) is 109 Å². The molecule has 2 amide bonds. The summed E-state index contributed by atoms with van der Waals surface area (Å²) in [6.45, 7) is 8.92. The van der Waals surface area contributed by atoms with Gasteiger partial charge in [0.1, 0.15) is 0 Å². The fraction of sp³-hybridized carbons (Fsp3) is 0.211. The molecule has 0 saturated carbocycles. The molecule has 4 aromatic carbocycles. The lowest BCUT2D eigenvalue weighted by atomic mass is 9.83. The molecule has 0 atom stereocenters. The zero-order valence-corrected chi connectivity index (χ0v) is 26.5. The summed E-state index contributed by atoms with van der Waals surface area (Å²) < 4.78 is 0. The molecular formula is C38H39N5O2. The van der Waals surface area contributed by atoms with Gasteiger partial charge in [-0.25, -0.2) is 9.97 Å². The summed E-state index contributed by atoms with van der Waals surface area (Å²) in [7, 11) is 1.82. The molecule has 0 saturated heterocycles. The van der Waals surface area contributed by atoms with Gasteiger partial charge in [-0.1, -0.05) is 81.4 Å². The third-order valence-corrected chi connectivity index (χ3v) is 7.81. The third kappa shape index (κ3) is 7.62. The van der Waals surface area contributed by atoms with Crippen LogP contribution in [-0.4, -0.2) is 40.3 Å². The van der Waals surface area contributed by atoms with Gasteiger partial charge in [0.2, 0.25) is 5.95 Å². The summed E-state index contributed by atoms with van der Waals surface area (Å²) in [6, 6.07) is 32.8. The first-order valence-electron chi connectivity index (χ1n) is 15.1. The van der Waals surface area contributed by atoms with Gasteiger partial charge in [0.25, 0.3) is 11.8 Å². The zero-order valence-electron chi connectivity index (χ0n) is 26.5. The number of hydrogen-bond donors (Lipinski definition) is 2. The molecule has 5 aromatic rings. The van der Waals surface area contributed by atoms with Gasteiger partial charge in [-0.3, -0.25) is 9.59 Å². The van der Waals surface area contributed by atoms with Crippen molar-refractivity contribution in [2.75, 3.05) is 24.2 Å². The molecule has 1 heterocycles. The van der Waals surface area contributed by atoms with E-state index in [9.17, 15) is 9.59 Å². The minimum Gasteiger partial charge on any atom is -0.341 e. The lowest BCUT2D eigenvalue weighted by Crippen LogP contribution is -2.28. The quantitative estimate of drug-likeness (QED) is 0.179. The van der Waals surface area contributed by atoms with Crippen molar-refractivity contribution >= 4 is 29.1 Å². The molecule has 0 aliphatic carbocycles. The summed E-state index contributed by atoms with van der Waals surface area (Å²) in [5.74, 6) is 0.259. The Labute approximate surface area is 265 Å². The molecule has 0 unspecified atom stereocenters. The van der Waals surface area contributed by atoms with Crippen LogP contribution in [0.3, 0.4) is 0 Å². The summed E-state index contributed by atoms with van der Waals surface area (Å²) in [5.41, 5.74) is 7.33. The molecule has 0 spiro atoms. The van der Waals surface area contributed by atoms with Gasteiger partial charge in [0.15, 0.2) is 0 Å². The smallest absolute Gasteiger partial charge is 0.255 e. The molecule has 7 nitrogen and oxygen atoms in total. The summed E-state index contributed by atoms with van der Waals surface area (Å²) in [6.07, 6.45) is 2.50. The molecular weight excluding hydrogens is 558 g/mol. The topological polar surface area (TPSA) is 87.2 Å². The largest absolute Gasteiger partial charge is 0.341 e. The second kappa shape index (κ2) is 13.6. The Hall–Kier alpha value is -5.30. The zero-order chi connectivity index (χ0) is 32.0. The van der Waals surface area contributed by atoms with Gasteiger partial charge < -0.3 is 15.5 Å². The third-order valence-electron chi connectivity index (χ3n) is 7.81. The van der Waals surface area contributed by atoms with E-state index in [-0.39, 0.29) is 17.2 Å². The maximum absolute atomic E-state index is 13.4. The number of nitrogens with one attached hydrogen (secondary N) is 2. The van der Waals surface area contributed by atoms with Crippen LogP contribution in [0.2, 0.25) is 0 Å². The van der Waals surface area contributed by atoms with Crippen LogP contribution < -0.4 is 10.6 Å². The van der Waals surface area contributed by atoms with Crippen molar-refractivity contribution in [2.45, 2.75) is 39.5 Å². The number of rotatable bonds is 9. The van der Waals surface area contributed by atoms with Crippen LogP contribution in [0, 0.1) is 6.92 Å². The standard InChI is InChI=1S/C38H39N5O2/c1-26-30(15-11-17-33(26)41-35(44)31-14-9-10-16-32(31)38(2,3)4)34-22-24-39-37(42-34)40-29-20-18-28(19-21-29)36(45)43(5)25-23-27-12-7-6-8-13-27/h6-22,24H,23,25H2,1-5H3,(H,41,44)(H,39,40,42). The number of amides is 2. The van der Waals surface area contributed by atoms with Crippen LogP contribution in [0.4, 0.5) is 17.3 Å². The van der Waals surface area contributed by atoms with Crippen molar-refractivity contribution in [2.24, 2.45) is 0 Å². The predicted molar refractivity (Wildman–Crippen MR) is 182 cm³/mol. The number of aromatic nitrogens is 2. The van der Waals surface area contributed by atoms with Gasteiger partial charge in [-0.15, -0.1) is 0 Å². The number of carbonyl (C=O) groups excluding carboxylic acids is 2. The summed E-state index contributed by atoms with van der Waals surface area (Å²) in [4.78, 5) is 37.2. The highest BCUT2D eigenvalue weighted by Gasteiger charge is 2.22. The first kappa shape index (κ1) is 31.1. The van der Waals surface area contributed by atoms with Crippen LogP contribution in [0.5, 0.6) is 0 Å². The fourth-order valence-corrected chi connectivity index (χ4v) is 5.23. The Bertz CT molecular complexity index is 1790. The van der Waals surface area contributed by atoms with Crippen LogP contribution in [0.1, 0.15) is 58.2 Å². The van der Waals surface area contributed by atoms with Gasteiger partial charge >= 0.3 is 0 Å². The number of benzene rings is 4. The highest BCUT2D eigenvalue weighted by Crippen LogP contribution is 2.30. The maximum atomic E-state index is 13.4. The first-order valence-corrected chi connectivity index (χ1v) is 15.1. The van der Waals surface area contributed by atoms with Crippen molar-refractivity contribution < 1.29 is 9.59 Å². The van der Waals surface area contributed by atoms with Crippen molar-refractivity contribution in [3.05, 3.63) is 137 Å². The number of nitrogens with zero attached hydrogens (tertiary/aromatic N) is 3. The average Bonchev–Trinajstić information content (AvgIpc) is 3.05. The molecule has 0 bridgehead atoms. The second-order valence-electron chi connectivity index (χ2n) is 12.2. The molecule has 45 heavy (non-hydrogen) atoms. The average molecular weight is 598 g/mol. The molecule has 7 heteroatoms. The van der Waals surface area contributed by atoms with Crippen LogP contribution in [-0.2, 0) is 11.8 Å². The van der Waals surface area contributed by atoms with Crippen LogP contribution >= 0.6 is 0 Å². The SMILES string of the molecule is Cc1c(NC(=O)c2ccccc2C(C)(C)C)cccc1-c1ccnc(Nc2ccc(C(=O)N(C)CCc3ccccc3)cc2)n1. The predicted octanol–water partition coefficient (Wildman–Crippen LogP) is 8.06. The lowest BCUT2D eigenvalue weighted by molar-refractivity contribution is 0.0796.